The lowest BCUT2D eigenvalue weighted by molar-refractivity contribution is 0.0520. The second-order valence-corrected chi connectivity index (χ2v) is 6.57. The fourth-order valence-corrected chi connectivity index (χ4v) is 2.90. The molecule has 0 saturated heterocycles. The van der Waals surface area contributed by atoms with Gasteiger partial charge in [-0.25, -0.2) is 13.2 Å². The summed E-state index contributed by atoms with van der Waals surface area (Å²) < 4.78 is 28.6. The van der Waals surface area contributed by atoms with E-state index in [2.05, 4.69) is 15.4 Å². The lowest BCUT2D eigenvalue weighted by atomic mass is 10.1. The molecule has 1 aromatic heterocycles. The second kappa shape index (κ2) is 5.82. The van der Waals surface area contributed by atoms with Gasteiger partial charge in [0.15, 0.2) is 15.5 Å². The minimum absolute atomic E-state index is 0.0329. The van der Waals surface area contributed by atoms with Crippen molar-refractivity contribution in [3.05, 3.63) is 28.9 Å². The normalized spacial score (nSPS) is 11.4. The van der Waals surface area contributed by atoms with Gasteiger partial charge in [0, 0.05) is 16.8 Å². The van der Waals surface area contributed by atoms with E-state index in [9.17, 15) is 13.2 Å². The zero-order valence-corrected chi connectivity index (χ0v) is 12.8. The topological polar surface area (TPSA) is 102 Å². The van der Waals surface area contributed by atoms with Gasteiger partial charge in [-0.3, -0.25) is 0 Å². The van der Waals surface area contributed by atoms with Gasteiger partial charge in [0.25, 0.3) is 0 Å². The molecule has 1 aromatic carbocycles. The van der Waals surface area contributed by atoms with Gasteiger partial charge >= 0.3 is 5.97 Å². The van der Waals surface area contributed by atoms with E-state index in [0.717, 1.165) is 6.26 Å². The van der Waals surface area contributed by atoms with E-state index in [-0.39, 0.29) is 33.5 Å². The number of carbonyl (C=O) groups excluding carboxylic acids is 1. The van der Waals surface area contributed by atoms with E-state index in [1.165, 1.54) is 18.2 Å². The number of aromatic nitrogens is 3. The molecule has 0 fully saturated rings. The predicted octanol–water partition coefficient (Wildman–Crippen LogP) is 1.71. The van der Waals surface area contributed by atoms with Crippen molar-refractivity contribution in [2.75, 3.05) is 12.9 Å². The van der Waals surface area contributed by atoms with Gasteiger partial charge in [0.2, 0.25) is 0 Å². The summed E-state index contributed by atoms with van der Waals surface area (Å²) in [6, 6.07) is 4.28. The van der Waals surface area contributed by atoms with Crippen molar-refractivity contribution in [2.24, 2.45) is 0 Å². The zero-order valence-electron chi connectivity index (χ0n) is 11.3. The molecule has 0 aliphatic carbocycles. The smallest absolute Gasteiger partial charge is 0.361 e. The Morgan fingerprint density at radius 3 is 2.71 bits per heavy atom. The van der Waals surface area contributed by atoms with Crippen molar-refractivity contribution < 1.29 is 17.9 Å². The van der Waals surface area contributed by atoms with Gasteiger partial charge in [-0.05, 0) is 25.1 Å². The summed E-state index contributed by atoms with van der Waals surface area (Å²) in [6.45, 7) is 1.83. The Balaban J connectivity index is 2.64. The molecule has 0 aliphatic rings. The van der Waals surface area contributed by atoms with Gasteiger partial charge in [-0.15, -0.1) is 5.10 Å². The number of nitrogens with one attached hydrogen (secondary N) is 1. The number of hydrogen-bond donors (Lipinski definition) is 1. The first-order chi connectivity index (χ1) is 9.84. The number of esters is 1. The van der Waals surface area contributed by atoms with Crippen LogP contribution in [0.15, 0.2) is 23.1 Å². The fourth-order valence-electron chi connectivity index (χ4n) is 1.76. The summed E-state index contributed by atoms with van der Waals surface area (Å²) in [5.41, 5.74) is 0.258. The van der Waals surface area contributed by atoms with Gasteiger partial charge in [-0.2, -0.15) is 10.3 Å². The highest BCUT2D eigenvalue weighted by Gasteiger charge is 2.24. The zero-order chi connectivity index (χ0) is 15.6. The number of carbonyl (C=O) groups is 1. The number of benzene rings is 1. The number of aromatic amines is 1. The number of nitrogens with zero attached hydrogens (tertiary/aromatic N) is 2. The molecule has 2 aromatic rings. The lowest BCUT2D eigenvalue weighted by Crippen LogP contribution is -2.08. The van der Waals surface area contributed by atoms with E-state index in [1.807, 2.05) is 0 Å². The van der Waals surface area contributed by atoms with Gasteiger partial charge < -0.3 is 4.74 Å². The summed E-state index contributed by atoms with van der Waals surface area (Å²) in [4.78, 5) is 11.8. The molecular weight excluding hydrogens is 318 g/mol. The highest BCUT2D eigenvalue weighted by molar-refractivity contribution is 7.90. The SMILES string of the molecule is CCOC(=O)c1n[nH]nc1-c1ccc(Cl)cc1S(C)(=O)=O. The lowest BCUT2D eigenvalue weighted by Gasteiger charge is -2.07. The first-order valence-corrected chi connectivity index (χ1v) is 8.19. The molecule has 112 valence electrons. The van der Waals surface area contributed by atoms with Crippen LogP contribution in [0.2, 0.25) is 5.02 Å². The van der Waals surface area contributed by atoms with Crippen LogP contribution in [0, 0.1) is 0 Å². The number of halogens is 1. The van der Waals surface area contributed by atoms with Crippen LogP contribution < -0.4 is 0 Å². The van der Waals surface area contributed by atoms with Crippen LogP contribution in [0.25, 0.3) is 11.3 Å². The van der Waals surface area contributed by atoms with Gasteiger partial charge in [0.1, 0.15) is 5.69 Å². The Morgan fingerprint density at radius 1 is 1.38 bits per heavy atom. The second-order valence-electron chi connectivity index (χ2n) is 4.15. The van der Waals surface area contributed by atoms with Gasteiger partial charge in [-0.1, -0.05) is 11.6 Å². The standard InChI is InChI=1S/C12H12ClN3O4S/c1-3-20-12(17)11-10(14-16-15-11)8-5-4-7(13)6-9(8)21(2,18)19/h4-6H,3H2,1-2H3,(H,14,15,16). The molecule has 7 nitrogen and oxygen atoms in total. The van der Waals surface area contributed by atoms with Crippen LogP contribution in [-0.2, 0) is 14.6 Å². The predicted molar refractivity (Wildman–Crippen MR) is 75.9 cm³/mol. The Hall–Kier alpha value is -1.93. The highest BCUT2D eigenvalue weighted by Crippen LogP contribution is 2.30. The maximum absolute atomic E-state index is 11.9. The highest BCUT2D eigenvalue weighted by atomic mass is 35.5. The molecule has 0 unspecified atom stereocenters. The average Bonchev–Trinajstić information content (AvgIpc) is 2.87. The molecule has 21 heavy (non-hydrogen) atoms. The molecule has 0 bridgehead atoms. The third-order valence-corrected chi connectivity index (χ3v) is 3.99. The number of rotatable bonds is 4. The summed E-state index contributed by atoms with van der Waals surface area (Å²) in [5.74, 6) is -0.685. The Labute approximate surface area is 126 Å². The van der Waals surface area contributed by atoms with E-state index >= 15 is 0 Å². The Morgan fingerprint density at radius 2 is 2.10 bits per heavy atom. The van der Waals surface area contributed by atoms with Crippen LogP contribution in [0.5, 0.6) is 0 Å². The van der Waals surface area contributed by atoms with Crippen molar-refractivity contribution in [1.82, 2.24) is 15.4 Å². The molecule has 9 heteroatoms. The minimum atomic E-state index is -3.55. The summed E-state index contributed by atoms with van der Waals surface area (Å²) >= 11 is 5.84. The molecule has 1 heterocycles. The third-order valence-electron chi connectivity index (χ3n) is 2.61. The molecule has 0 amide bonds. The summed E-state index contributed by atoms with van der Waals surface area (Å²) in [7, 11) is -3.55. The molecule has 0 spiro atoms. The van der Waals surface area contributed by atoms with Crippen molar-refractivity contribution in [2.45, 2.75) is 11.8 Å². The first kappa shape index (κ1) is 15.5. The van der Waals surface area contributed by atoms with E-state index in [0.29, 0.717) is 0 Å². The minimum Gasteiger partial charge on any atom is -0.461 e. The maximum Gasteiger partial charge on any atom is 0.361 e. The van der Waals surface area contributed by atoms with Crippen molar-refractivity contribution in [1.29, 1.82) is 0 Å². The van der Waals surface area contributed by atoms with Gasteiger partial charge in [0.05, 0.1) is 11.5 Å². The fraction of sp³-hybridized carbons (Fsp3) is 0.250. The Kier molecular flexibility index (Phi) is 4.29. The molecule has 1 N–H and O–H groups in total. The van der Waals surface area contributed by atoms with Crippen LogP contribution >= 0.6 is 11.6 Å². The van der Waals surface area contributed by atoms with Crippen LogP contribution in [-0.4, -0.2) is 42.7 Å². The average molecular weight is 330 g/mol. The van der Waals surface area contributed by atoms with Crippen LogP contribution in [0.1, 0.15) is 17.4 Å². The maximum atomic E-state index is 11.9. The van der Waals surface area contributed by atoms with Crippen molar-refractivity contribution in [3.8, 4) is 11.3 Å². The third kappa shape index (κ3) is 3.22. The van der Waals surface area contributed by atoms with Crippen LogP contribution in [0.4, 0.5) is 0 Å². The summed E-state index contributed by atoms with van der Waals surface area (Å²) in [6.07, 6.45) is 1.05. The number of sulfone groups is 1. The van der Waals surface area contributed by atoms with E-state index < -0.39 is 15.8 Å². The molecule has 0 atom stereocenters. The first-order valence-electron chi connectivity index (χ1n) is 5.92. The van der Waals surface area contributed by atoms with Crippen LogP contribution in [0.3, 0.4) is 0 Å². The van der Waals surface area contributed by atoms with E-state index in [1.54, 1.807) is 6.92 Å². The molecule has 0 saturated carbocycles. The Bertz CT molecular complexity index is 786. The number of H-pyrrole nitrogens is 1. The molecule has 0 radical (unpaired) electrons. The van der Waals surface area contributed by atoms with Crippen molar-refractivity contribution >= 4 is 27.4 Å². The van der Waals surface area contributed by atoms with E-state index in [4.69, 9.17) is 16.3 Å². The number of ether oxygens (including phenoxy) is 1. The molecule has 2 rings (SSSR count). The number of hydrogen-bond acceptors (Lipinski definition) is 6. The summed E-state index contributed by atoms with van der Waals surface area (Å²) in [5, 5.41) is 10.1. The van der Waals surface area contributed by atoms with Crippen molar-refractivity contribution in [3.63, 3.8) is 0 Å². The quantitative estimate of drug-likeness (QED) is 0.857. The largest absolute Gasteiger partial charge is 0.461 e. The monoisotopic (exact) mass is 329 g/mol. The molecule has 0 aliphatic heterocycles. The molecular formula is C12H12ClN3O4S.